The van der Waals surface area contributed by atoms with Crippen molar-refractivity contribution in [1.29, 1.82) is 0 Å². The van der Waals surface area contributed by atoms with Crippen LogP contribution in [0.1, 0.15) is 0 Å². The van der Waals surface area contributed by atoms with E-state index < -0.39 is 10.4 Å². The molecule has 0 spiro atoms. The van der Waals surface area contributed by atoms with E-state index in [9.17, 15) is 0 Å². The largest absolute Gasteiger partial charge is 2.00 e. The van der Waals surface area contributed by atoms with E-state index in [-0.39, 0.29) is 72.9 Å². The smallest absolute Gasteiger partial charge is 0.264 e. The van der Waals surface area contributed by atoms with Crippen LogP contribution in [0, 0.1) is 0 Å². The van der Waals surface area contributed by atoms with Gasteiger partial charge in [-0.2, -0.15) is 8.42 Å². The van der Waals surface area contributed by atoms with Crippen molar-refractivity contribution < 1.29 is 41.5 Å². The van der Waals surface area contributed by atoms with Crippen LogP contribution in [0.15, 0.2) is 0 Å². The van der Waals surface area contributed by atoms with Gasteiger partial charge in [0.1, 0.15) is 0 Å². The fourth-order valence-corrected chi connectivity index (χ4v) is 0. The van der Waals surface area contributed by atoms with Crippen molar-refractivity contribution >= 4 is 59.3 Å². The molecule has 7 heavy (non-hydrogen) atoms. The fraction of sp³-hybridized carbons (Fsp3) is 0. The van der Waals surface area contributed by atoms with Crippen molar-refractivity contribution in [3.8, 4) is 0 Å². The van der Waals surface area contributed by atoms with Gasteiger partial charge in [-0.25, -0.2) is 0 Å². The van der Waals surface area contributed by atoms with Crippen LogP contribution in [-0.4, -0.2) is 66.4 Å². The average Bonchev–Trinajstić information content (AvgIpc) is 0.722. The molecule has 0 saturated carbocycles. The molecule has 0 saturated heterocycles. The van der Waals surface area contributed by atoms with E-state index in [0.717, 1.165) is 0 Å². The number of hydrogen-bond acceptors (Lipinski definition) is 2. The summed E-state index contributed by atoms with van der Waals surface area (Å²) in [7, 11) is -4.67. The molecule has 0 fully saturated rings. The minimum Gasteiger partial charge on any atom is -0.264 e. The first-order valence-corrected chi connectivity index (χ1v) is 2.10. The topological polar surface area (TPSA) is 74.6 Å². The Labute approximate surface area is 98.7 Å². The van der Waals surface area contributed by atoms with E-state index in [1.54, 1.807) is 0 Å². The van der Waals surface area contributed by atoms with Crippen molar-refractivity contribution in [1.82, 2.24) is 0 Å². The molecule has 0 aliphatic heterocycles. The maximum Gasteiger partial charge on any atom is 2.00 e. The first kappa shape index (κ1) is 16.1. The van der Waals surface area contributed by atoms with Crippen LogP contribution in [0.25, 0.3) is 0 Å². The minimum atomic E-state index is -4.67. The zero-order valence-corrected chi connectivity index (χ0v) is 10.6. The van der Waals surface area contributed by atoms with E-state index in [1.807, 2.05) is 0 Å². The quantitative estimate of drug-likeness (QED) is 0.262. The van der Waals surface area contributed by atoms with Gasteiger partial charge in [0.15, 0.2) is 0 Å². The van der Waals surface area contributed by atoms with Gasteiger partial charge in [-0.1, -0.05) is 0 Å². The number of rotatable bonds is 0. The summed E-state index contributed by atoms with van der Waals surface area (Å²) < 4.78 is 31.6. The Hall–Kier alpha value is 2.17. The molecule has 7 heteroatoms. The van der Waals surface area contributed by atoms with Crippen LogP contribution in [0.2, 0.25) is 0 Å². The van der Waals surface area contributed by atoms with Crippen LogP contribution in [0.4, 0.5) is 0 Å². The third-order valence-electron chi connectivity index (χ3n) is 0. The van der Waals surface area contributed by atoms with Crippen molar-refractivity contribution in [3.05, 3.63) is 0 Å². The molecule has 4 nitrogen and oxygen atoms in total. The molecular formula is H2BaIO4S+3. The predicted molar refractivity (Wildman–Crippen MR) is 19.9 cm³/mol. The van der Waals surface area contributed by atoms with Crippen molar-refractivity contribution in [3.63, 3.8) is 0 Å². The summed E-state index contributed by atoms with van der Waals surface area (Å²) in [6.07, 6.45) is 0. The van der Waals surface area contributed by atoms with Gasteiger partial charge in [0.25, 0.3) is 0 Å². The second-order valence-corrected chi connectivity index (χ2v) is 1.34. The summed E-state index contributed by atoms with van der Waals surface area (Å²) in [6, 6.07) is 0. The van der Waals surface area contributed by atoms with E-state index in [4.69, 9.17) is 17.5 Å². The fourth-order valence-electron chi connectivity index (χ4n) is 0. The van der Waals surface area contributed by atoms with Gasteiger partial charge in [0.05, 0.1) is 0 Å². The van der Waals surface area contributed by atoms with Crippen LogP contribution >= 0.6 is 0 Å². The molecule has 0 aromatic heterocycles. The molecule has 0 aromatic carbocycles. The van der Waals surface area contributed by atoms with Crippen molar-refractivity contribution in [2.45, 2.75) is 0 Å². The molecule has 0 aliphatic rings. The van der Waals surface area contributed by atoms with E-state index >= 15 is 0 Å². The Morgan fingerprint density at radius 2 is 1.14 bits per heavy atom. The van der Waals surface area contributed by atoms with Crippen molar-refractivity contribution in [2.24, 2.45) is 0 Å². The Kier molecular flexibility index (Phi) is 14.5. The van der Waals surface area contributed by atoms with Gasteiger partial charge in [0, 0.05) is 0 Å². The maximum absolute atomic E-state index is 8.74. The third kappa shape index (κ3) is 66.0. The molecule has 2 radical (unpaired) electrons. The molecule has 0 heterocycles. The van der Waals surface area contributed by atoms with Gasteiger partial charge in [0.2, 0.25) is 0 Å². The second kappa shape index (κ2) is 6.29. The Morgan fingerprint density at radius 3 is 1.14 bits per heavy atom. The minimum absolute atomic E-state index is 0. The molecule has 0 rings (SSSR count). The monoisotopic (exact) mass is 363 g/mol. The molecule has 0 bridgehead atoms. The first-order valence-electron chi connectivity index (χ1n) is 0.698. The Bertz CT molecular complexity index is 94.9. The standard InChI is InChI=1S/Ba.I.H2O4S/c;;1-5(2,3)4/h;;(H2,1,2,3,4)/q+2;+1;. The maximum atomic E-state index is 8.74. The second-order valence-electron chi connectivity index (χ2n) is 0.448. The summed E-state index contributed by atoms with van der Waals surface area (Å²) in [6.45, 7) is 0. The van der Waals surface area contributed by atoms with Gasteiger partial charge < -0.3 is 0 Å². The molecule has 0 amide bonds. The zero-order chi connectivity index (χ0) is 4.50. The predicted octanol–water partition coefficient (Wildman–Crippen LogP) is -4.03. The molecule has 2 N–H and O–H groups in total. The van der Waals surface area contributed by atoms with Gasteiger partial charge in [-0.3, -0.25) is 9.11 Å². The number of halogens is 1. The summed E-state index contributed by atoms with van der Waals surface area (Å²) in [5.41, 5.74) is 0. The molecule has 0 aromatic rings. The zero-order valence-electron chi connectivity index (χ0n) is 3.20. The first-order chi connectivity index (χ1) is 2.00. The third-order valence-corrected chi connectivity index (χ3v) is 0. The summed E-state index contributed by atoms with van der Waals surface area (Å²) in [5, 5.41) is 0. The molecule has 38 valence electrons. The SMILES string of the molecule is O=S(=O)(O)O.[Ba+2].[I+]. The molecule has 0 unspecified atom stereocenters. The Morgan fingerprint density at radius 1 is 1.14 bits per heavy atom. The van der Waals surface area contributed by atoms with Gasteiger partial charge in [-0.05, 0) is 0 Å². The summed E-state index contributed by atoms with van der Waals surface area (Å²) >= 11 is 0. The average molecular weight is 362 g/mol. The Balaban J connectivity index is -0.0000000800. The van der Waals surface area contributed by atoms with Crippen LogP contribution < -0.4 is 24.0 Å². The molecular weight excluding hydrogens is 360 g/mol. The van der Waals surface area contributed by atoms with E-state index in [1.165, 1.54) is 0 Å². The van der Waals surface area contributed by atoms with Crippen LogP contribution in [-0.2, 0) is 10.4 Å². The van der Waals surface area contributed by atoms with E-state index in [2.05, 4.69) is 0 Å². The van der Waals surface area contributed by atoms with Crippen molar-refractivity contribution in [2.75, 3.05) is 0 Å². The normalized spacial score (nSPS) is 8.29. The summed E-state index contributed by atoms with van der Waals surface area (Å²) in [4.78, 5) is 0. The van der Waals surface area contributed by atoms with Crippen LogP contribution in [0.5, 0.6) is 0 Å². The molecule has 0 atom stereocenters. The van der Waals surface area contributed by atoms with Gasteiger partial charge in [-0.15, -0.1) is 0 Å². The molecule has 0 aliphatic carbocycles. The summed E-state index contributed by atoms with van der Waals surface area (Å²) in [5.74, 6) is 0. The van der Waals surface area contributed by atoms with Gasteiger partial charge >= 0.3 is 83.3 Å². The van der Waals surface area contributed by atoms with E-state index in [0.29, 0.717) is 0 Å². The van der Waals surface area contributed by atoms with Crippen LogP contribution in [0.3, 0.4) is 0 Å². The number of hydrogen-bond donors (Lipinski definition) is 2.